The highest BCUT2D eigenvalue weighted by Gasteiger charge is 2.17. The Morgan fingerprint density at radius 2 is 1.72 bits per heavy atom. The summed E-state index contributed by atoms with van der Waals surface area (Å²) in [5, 5.41) is 4.83. The molecule has 8 nitrogen and oxygen atoms in total. The van der Waals surface area contributed by atoms with Crippen LogP contribution in [-0.4, -0.2) is 25.2 Å². The number of hydrogen-bond donors (Lipinski definition) is 1. The van der Waals surface area contributed by atoms with Crippen LogP contribution in [0.15, 0.2) is 71.6 Å². The van der Waals surface area contributed by atoms with Crippen LogP contribution in [0.25, 0.3) is 16.4 Å². The third kappa shape index (κ3) is 4.12. The summed E-state index contributed by atoms with van der Waals surface area (Å²) < 4.78 is 39.1. The highest BCUT2D eigenvalue weighted by molar-refractivity contribution is 7.92. The first-order valence-electron chi connectivity index (χ1n) is 9.59. The number of halogens is 1. The topological polar surface area (TPSA) is 105 Å². The average Bonchev–Trinajstić information content (AvgIpc) is 3.25. The van der Waals surface area contributed by atoms with Crippen LogP contribution >= 0.6 is 11.6 Å². The van der Waals surface area contributed by atoms with Gasteiger partial charge >= 0.3 is 0 Å². The van der Waals surface area contributed by atoms with Crippen molar-refractivity contribution in [2.24, 2.45) is 0 Å². The van der Waals surface area contributed by atoms with Gasteiger partial charge in [-0.3, -0.25) is 4.72 Å². The van der Waals surface area contributed by atoms with Crippen LogP contribution in [0.2, 0.25) is 5.02 Å². The zero-order chi connectivity index (χ0) is 22.1. The summed E-state index contributed by atoms with van der Waals surface area (Å²) in [6.07, 6.45) is 0. The van der Waals surface area contributed by atoms with Crippen LogP contribution < -0.4 is 14.2 Å². The molecular formula is C22H16ClN4O4S-. The maximum Gasteiger partial charge on any atom is 0.263 e. The van der Waals surface area contributed by atoms with Crippen LogP contribution in [0, 0.1) is 0 Å². The first-order valence-corrected chi connectivity index (χ1v) is 11.5. The number of fused-ring (bicyclic) bond motifs is 2. The first-order chi connectivity index (χ1) is 15.5. The Kier molecular flexibility index (Phi) is 5.20. The van der Waals surface area contributed by atoms with E-state index in [1.165, 1.54) is 12.1 Å². The van der Waals surface area contributed by atoms with Crippen LogP contribution in [0.5, 0.6) is 11.5 Å². The molecular weight excluding hydrogens is 452 g/mol. The smallest absolute Gasteiger partial charge is 0.263 e. The number of hydrogen-bond acceptors (Lipinski definition) is 6. The van der Waals surface area contributed by atoms with Gasteiger partial charge in [-0.15, -0.1) is 0 Å². The van der Waals surface area contributed by atoms with E-state index in [2.05, 4.69) is 20.0 Å². The highest BCUT2D eigenvalue weighted by atomic mass is 35.5. The number of aromatic nitrogens is 2. The molecule has 1 aliphatic heterocycles. The Labute approximate surface area is 189 Å². The third-order valence-electron chi connectivity index (χ3n) is 4.74. The Morgan fingerprint density at radius 1 is 0.938 bits per heavy atom. The van der Waals surface area contributed by atoms with E-state index in [1.807, 2.05) is 24.3 Å². The number of nitrogens with one attached hydrogen (secondary N) is 1. The molecule has 1 aromatic heterocycles. The second kappa shape index (κ2) is 8.18. The van der Waals surface area contributed by atoms with Gasteiger partial charge in [-0.05, 0) is 59.8 Å². The van der Waals surface area contributed by atoms with Crippen molar-refractivity contribution >= 4 is 44.3 Å². The zero-order valence-electron chi connectivity index (χ0n) is 16.5. The molecule has 0 atom stereocenters. The van der Waals surface area contributed by atoms with Crippen molar-refractivity contribution in [1.82, 2.24) is 9.97 Å². The number of benzene rings is 3. The van der Waals surface area contributed by atoms with Crippen LogP contribution in [0.1, 0.15) is 5.56 Å². The number of rotatable bonds is 6. The summed E-state index contributed by atoms with van der Waals surface area (Å²) in [5.41, 5.74) is 1.99. The Balaban J connectivity index is 1.48. The fourth-order valence-electron chi connectivity index (χ4n) is 3.20. The number of anilines is 1. The molecule has 0 unspecified atom stereocenters. The minimum absolute atomic E-state index is 0.0154. The van der Waals surface area contributed by atoms with Crippen molar-refractivity contribution in [2.45, 2.75) is 11.4 Å². The van der Waals surface area contributed by atoms with Crippen molar-refractivity contribution in [3.8, 4) is 11.5 Å². The minimum atomic E-state index is -3.95. The number of sulfonamides is 1. The van der Waals surface area contributed by atoms with Crippen molar-refractivity contribution in [2.75, 3.05) is 11.5 Å². The quantitative estimate of drug-likeness (QED) is 0.427. The molecule has 1 aliphatic rings. The van der Waals surface area contributed by atoms with E-state index in [-0.39, 0.29) is 29.9 Å². The maximum atomic E-state index is 12.9. The van der Waals surface area contributed by atoms with E-state index in [1.54, 1.807) is 30.3 Å². The SMILES string of the molecule is O=S(=O)(Nc1nc2ccccc2nc1[N-]Cc1ccc2c(c1)OCO2)c1cccc(Cl)c1. The Morgan fingerprint density at radius 3 is 2.53 bits per heavy atom. The second-order valence-electron chi connectivity index (χ2n) is 6.95. The molecule has 0 amide bonds. The summed E-state index contributed by atoms with van der Waals surface area (Å²) in [4.78, 5) is 8.99. The van der Waals surface area contributed by atoms with E-state index in [0.29, 0.717) is 27.6 Å². The molecule has 0 fully saturated rings. The summed E-state index contributed by atoms with van der Waals surface area (Å²) in [6, 6.07) is 18.6. The second-order valence-corrected chi connectivity index (χ2v) is 9.07. The lowest BCUT2D eigenvalue weighted by Crippen LogP contribution is -2.14. The summed E-state index contributed by atoms with van der Waals surface area (Å²) in [6.45, 7) is 0.428. The molecule has 0 saturated heterocycles. The molecule has 0 saturated carbocycles. The standard InChI is InChI=1S/C22H16ClN4O4S/c23-15-4-3-5-16(11-15)32(28,29)27-22-21(25-17-6-1-2-7-18(17)26-22)24-12-14-8-9-19-20(10-14)31-13-30-19/h1-11H,12-13H2,(H-,24,25,26,27)/q-1. The lowest BCUT2D eigenvalue weighted by atomic mass is 10.2. The van der Waals surface area contributed by atoms with Crippen molar-refractivity contribution in [1.29, 1.82) is 0 Å². The molecule has 5 rings (SSSR count). The molecule has 32 heavy (non-hydrogen) atoms. The molecule has 10 heteroatoms. The molecule has 3 aromatic carbocycles. The van der Waals surface area contributed by atoms with Gasteiger partial charge in [-0.2, -0.15) is 0 Å². The lowest BCUT2D eigenvalue weighted by Gasteiger charge is -2.21. The largest absolute Gasteiger partial charge is 0.458 e. The summed E-state index contributed by atoms with van der Waals surface area (Å²) in [5.74, 6) is 1.52. The van der Waals surface area contributed by atoms with E-state index in [9.17, 15) is 8.42 Å². The maximum absolute atomic E-state index is 12.9. The normalized spacial score (nSPS) is 12.7. The fourth-order valence-corrected chi connectivity index (χ4v) is 4.50. The Bertz CT molecular complexity index is 1430. The molecule has 2 heterocycles. The average molecular weight is 468 g/mol. The molecule has 0 spiro atoms. The van der Waals surface area contributed by atoms with Gasteiger partial charge in [0.15, 0.2) is 11.5 Å². The fraction of sp³-hybridized carbons (Fsp3) is 0.0909. The first kappa shape index (κ1) is 20.3. The Hall–Kier alpha value is -3.56. The summed E-state index contributed by atoms with van der Waals surface area (Å²) in [7, 11) is -3.95. The van der Waals surface area contributed by atoms with E-state index < -0.39 is 10.0 Å². The van der Waals surface area contributed by atoms with Crippen LogP contribution in [0.4, 0.5) is 11.6 Å². The number of ether oxygens (including phenoxy) is 2. The van der Waals surface area contributed by atoms with Gasteiger partial charge in [-0.25, -0.2) is 13.4 Å². The van der Waals surface area contributed by atoms with Crippen molar-refractivity contribution < 1.29 is 17.9 Å². The molecule has 0 radical (unpaired) electrons. The van der Waals surface area contributed by atoms with Crippen molar-refractivity contribution in [3.05, 3.63) is 82.6 Å². The van der Waals surface area contributed by atoms with Gasteiger partial charge in [0.05, 0.1) is 10.4 Å². The van der Waals surface area contributed by atoms with Crippen LogP contribution in [-0.2, 0) is 16.6 Å². The molecule has 1 N–H and O–H groups in total. The minimum Gasteiger partial charge on any atom is -0.458 e. The van der Waals surface area contributed by atoms with E-state index >= 15 is 0 Å². The highest BCUT2D eigenvalue weighted by Crippen LogP contribution is 2.35. The number of para-hydroxylation sites is 2. The van der Waals surface area contributed by atoms with Gasteiger partial charge in [0, 0.05) is 5.02 Å². The predicted molar refractivity (Wildman–Crippen MR) is 121 cm³/mol. The summed E-state index contributed by atoms with van der Waals surface area (Å²) >= 11 is 5.96. The molecule has 162 valence electrons. The zero-order valence-corrected chi connectivity index (χ0v) is 18.1. The predicted octanol–water partition coefficient (Wildman–Crippen LogP) is 5.02. The van der Waals surface area contributed by atoms with Gasteiger partial charge in [0.2, 0.25) is 6.79 Å². The molecule has 0 bridgehead atoms. The monoisotopic (exact) mass is 467 g/mol. The molecule has 4 aromatic rings. The van der Waals surface area contributed by atoms with Crippen molar-refractivity contribution in [3.63, 3.8) is 0 Å². The van der Waals surface area contributed by atoms with E-state index in [4.69, 9.17) is 21.1 Å². The lowest BCUT2D eigenvalue weighted by molar-refractivity contribution is 0.174. The van der Waals surface area contributed by atoms with Crippen LogP contribution in [0.3, 0.4) is 0 Å². The van der Waals surface area contributed by atoms with E-state index in [0.717, 1.165) is 5.56 Å². The third-order valence-corrected chi connectivity index (χ3v) is 6.31. The van der Waals surface area contributed by atoms with Gasteiger partial charge in [-0.1, -0.05) is 41.9 Å². The van der Waals surface area contributed by atoms with Gasteiger partial charge < -0.3 is 19.8 Å². The van der Waals surface area contributed by atoms with Gasteiger partial charge in [0.25, 0.3) is 10.0 Å². The number of nitrogens with zero attached hydrogens (tertiary/aromatic N) is 3. The van der Waals surface area contributed by atoms with Gasteiger partial charge in [0.1, 0.15) is 5.82 Å². The molecule has 0 aliphatic carbocycles.